The van der Waals surface area contributed by atoms with Gasteiger partial charge in [0.15, 0.2) is 6.10 Å². The molecule has 0 aromatic rings. The summed E-state index contributed by atoms with van der Waals surface area (Å²) in [7, 11) is -5.31. The Labute approximate surface area is 320 Å². The summed E-state index contributed by atoms with van der Waals surface area (Å²) in [5, 5.41) is 0. The van der Waals surface area contributed by atoms with Crippen LogP contribution in [0.15, 0.2) is 0 Å². The number of hydrogen-bond acceptors (Lipinski definition) is 8. The molecule has 0 aromatic carbocycles. The minimum absolute atomic E-state index is 0. The average Bonchev–Trinajstić information content (AvgIpc) is 2.89. The minimum Gasteiger partial charge on any atom is -0.790 e. The van der Waals surface area contributed by atoms with E-state index >= 15 is 0 Å². The van der Waals surface area contributed by atoms with E-state index in [0.717, 1.165) is 25.7 Å². The first-order valence-corrected chi connectivity index (χ1v) is 13.7. The van der Waals surface area contributed by atoms with Gasteiger partial charge >= 0.3 is 71.1 Å². The smallest absolute Gasteiger partial charge is 0.790 e. The summed E-state index contributed by atoms with van der Waals surface area (Å²) >= 11 is 0. The normalized spacial score (nSPS) is 8.86. The van der Waals surface area contributed by atoms with E-state index in [-0.39, 0.29) is 97.6 Å². The van der Waals surface area contributed by atoms with Gasteiger partial charge in [-0.25, -0.2) is 4.79 Å². The van der Waals surface area contributed by atoms with Crippen molar-refractivity contribution in [2.45, 2.75) is 77.7 Å². The Kier molecular flexibility index (Phi) is 38.0. The van der Waals surface area contributed by atoms with E-state index in [1.54, 1.807) is 6.92 Å². The monoisotopic (exact) mass is 654 g/mol. The van der Waals surface area contributed by atoms with E-state index in [1.807, 2.05) is 0 Å². The molecule has 0 bridgehead atoms. The molecule has 0 aliphatic carbocycles. The molecule has 0 saturated carbocycles. The molecular formula is C30H57Na2O8PS. The minimum atomic E-state index is -5.31. The fourth-order valence-electron chi connectivity index (χ4n) is 2.60. The third-order valence-electron chi connectivity index (χ3n) is 4.33. The third kappa shape index (κ3) is 36.3. The molecule has 0 spiro atoms. The van der Waals surface area contributed by atoms with Gasteiger partial charge in [-0.2, -0.15) is 13.5 Å². The molecule has 238 valence electrons. The van der Waals surface area contributed by atoms with Crippen LogP contribution >= 0.6 is 21.3 Å². The Bertz CT molecular complexity index is 1340. The summed E-state index contributed by atoms with van der Waals surface area (Å²) in [5.74, 6) is 32.0. The van der Waals surface area contributed by atoms with Gasteiger partial charge in [0.1, 0.15) is 6.61 Å². The number of phosphoric ester groups is 1. The zero-order chi connectivity index (χ0) is 29.0. The summed E-state index contributed by atoms with van der Waals surface area (Å²) in [6.45, 7) is 2.47. The third-order valence-corrected chi connectivity index (χ3v) is 4.79. The number of rotatable bonds is 15. The number of unbranched alkanes of at least 4 members (excludes halogenated alkanes) is 7. The van der Waals surface area contributed by atoms with Gasteiger partial charge in [-0.1, -0.05) is 57.8 Å². The summed E-state index contributed by atoms with van der Waals surface area (Å²) in [4.78, 5) is 45.4. The number of carbonyl (C=O) groups excluding carboxylic acids is 2. The molecule has 0 aromatic heterocycles. The van der Waals surface area contributed by atoms with Crippen LogP contribution in [0.5, 0.6) is 0 Å². The van der Waals surface area contributed by atoms with Crippen molar-refractivity contribution < 1.29 is 116 Å². The summed E-state index contributed by atoms with van der Waals surface area (Å²) in [6, 6.07) is 0. The largest absolute Gasteiger partial charge is 1.00 e. The van der Waals surface area contributed by atoms with Crippen LogP contribution in [0.1, 0.15) is 90.2 Å². The van der Waals surface area contributed by atoms with Crippen LogP contribution < -0.4 is 68.9 Å². The molecule has 0 heterocycles. The van der Waals surface area contributed by atoms with E-state index in [9.17, 15) is 23.9 Å². The first kappa shape index (κ1) is 47.3. The van der Waals surface area contributed by atoms with Crippen molar-refractivity contribution in [1.82, 2.24) is 0 Å². The second-order valence-electron chi connectivity index (χ2n) is 7.55. The van der Waals surface area contributed by atoms with Crippen molar-refractivity contribution in [3.8, 4) is 82.9 Å². The maximum Gasteiger partial charge on any atom is 1.00 e. The van der Waals surface area contributed by atoms with Crippen molar-refractivity contribution in [3.05, 3.63) is 0 Å². The van der Waals surface area contributed by atoms with Crippen LogP contribution in [0.25, 0.3) is 0 Å². The number of hydrogen-bond donors (Lipinski definition) is 0. The van der Waals surface area contributed by atoms with Gasteiger partial charge in [0.25, 0.3) is 0 Å². The molecular weight excluding hydrogens is 597 g/mol. The first-order valence-electron chi connectivity index (χ1n) is 12.2. The van der Waals surface area contributed by atoms with Gasteiger partial charge < -0.3 is 28.3 Å². The molecule has 0 aliphatic heterocycles. The molecule has 0 rings (SSSR count). The Morgan fingerprint density at radius 2 is 1.19 bits per heavy atom. The summed E-state index contributed by atoms with van der Waals surface area (Å²) < 4.78 is 24.9. The Hall–Kier alpha value is -1.68. The van der Waals surface area contributed by atoms with Crippen LogP contribution in [0.3, 0.4) is 0 Å². The van der Waals surface area contributed by atoms with Gasteiger partial charge in [0.05, 0.1) is 14.4 Å². The van der Waals surface area contributed by atoms with Crippen molar-refractivity contribution >= 4 is 33.3 Å². The number of phosphoric acid groups is 1. The standard InChI is InChI=1S/C30H31O8P.2Na.H2S.13H2/c1-3-5-7-9-11-13-14-15-16-17-19-20-22-24-29(31)36-26-28(27-37-39(33,34)35)38-30(32)25-23-21-18-12-10-8-6-4-2;;;;;;;;;;;;;;;;/h28H,4,6,8,10,12,18,21,23,25-27H2,1-2H3,(H2,33,34,35);;;1H2;13*1H/q;2*+1;;;;;;;;;;;;;;/p-2/t28-;;;;;;;;;;;;;;;;/m0................/s1. The van der Waals surface area contributed by atoms with Gasteiger partial charge in [-0.3, -0.25) is 4.79 Å². The molecule has 8 nitrogen and oxygen atoms in total. The van der Waals surface area contributed by atoms with Crippen molar-refractivity contribution in [1.29, 1.82) is 0 Å². The van der Waals surface area contributed by atoms with E-state index in [4.69, 9.17) is 9.47 Å². The van der Waals surface area contributed by atoms with Crippen LogP contribution in [0.2, 0.25) is 0 Å². The van der Waals surface area contributed by atoms with E-state index < -0.39 is 39.1 Å². The molecule has 1 atom stereocenters. The number of carbonyl (C=O) groups is 2. The predicted molar refractivity (Wildman–Crippen MR) is 180 cm³/mol. The number of ether oxygens (including phenoxy) is 2. The zero-order valence-corrected chi connectivity index (χ0v) is 30.5. The van der Waals surface area contributed by atoms with Crippen molar-refractivity contribution in [2.75, 3.05) is 13.2 Å². The SMILES string of the molecule is CC#CC#CC#CC#CC#CC#CC#CC(=O)OC[C@@H](COP(=O)([O-])[O-])OC(=O)CCCCCCCCCC.S.[HH].[HH].[HH].[HH].[HH].[HH].[HH].[HH].[HH].[HH].[HH].[HH].[HH].[Na+].[Na+]. The molecule has 0 saturated heterocycles. The average molecular weight is 655 g/mol. The maximum atomic E-state index is 12.1. The van der Waals surface area contributed by atoms with Gasteiger partial charge in [-0.05, 0) is 84.4 Å². The topological polar surface area (TPSA) is 125 Å². The van der Waals surface area contributed by atoms with Crippen LogP contribution in [-0.2, 0) is 28.2 Å². The molecule has 0 radical (unpaired) electrons. The fraction of sp³-hybridized carbons (Fsp3) is 0.467. The summed E-state index contributed by atoms with van der Waals surface area (Å²) in [6.07, 6.45) is 7.09. The van der Waals surface area contributed by atoms with Crippen LogP contribution in [0.4, 0.5) is 0 Å². The number of esters is 2. The Morgan fingerprint density at radius 1 is 0.738 bits per heavy atom. The quantitative estimate of drug-likeness (QED) is 0.0561. The van der Waals surface area contributed by atoms with E-state index in [0.29, 0.717) is 6.42 Å². The van der Waals surface area contributed by atoms with Crippen molar-refractivity contribution in [3.63, 3.8) is 0 Å². The van der Waals surface area contributed by atoms with E-state index in [2.05, 4.69) is 94.3 Å². The second kappa shape index (κ2) is 33.8. The Morgan fingerprint density at radius 3 is 1.67 bits per heavy atom. The van der Waals surface area contributed by atoms with Gasteiger partial charge in [0, 0.05) is 30.9 Å². The fourth-order valence-corrected chi connectivity index (χ4v) is 2.95. The molecule has 0 N–H and O–H groups in total. The summed E-state index contributed by atoms with van der Waals surface area (Å²) in [5.41, 5.74) is 0. The molecule has 0 amide bonds. The molecule has 12 heteroatoms. The Balaban J connectivity index is -0.0000000602. The van der Waals surface area contributed by atoms with Crippen LogP contribution in [0, 0.1) is 82.9 Å². The molecule has 0 fully saturated rings. The molecule has 0 aliphatic rings. The van der Waals surface area contributed by atoms with E-state index in [1.165, 1.54) is 19.3 Å². The molecule has 42 heavy (non-hydrogen) atoms. The predicted octanol–water partition coefficient (Wildman–Crippen LogP) is -0.820. The van der Waals surface area contributed by atoms with Crippen LogP contribution in [-0.4, -0.2) is 31.3 Å². The van der Waals surface area contributed by atoms with Gasteiger partial charge in [-0.15, -0.1) is 0 Å². The molecule has 0 unspecified atom stereocenters. The maximum absolute atomic E-state index is 12.1. The van der Waals surface area contributed by atoms with Gasteiger partial charge in [0.2, 0.25) is 0 Å². The van der Waals surface area contributed by atoms with Crippen molar-refractivity contribution in [2.24, 2.45) is 0 Å². The second-order valence-corrected chi connectivity index (χ2v) is 8.71. The first-order chi connectivity index (χ1) is 18.8. The zero-order valence-electron chi connectivity index (χ0n) is 24.6.